The number of rotatable bonds is 3. The van der Waals surface area contributed by atoms with Gasteiger partial charge >= 0.3 is 6.16 Å². The third-order valence-corrected chi connectivity index (χ3v) is 5.11. The lowest BCUT2D eigenvalue weighted by atomic mass is 9.86. The Morgan fingerprint density at radius 1 is 0.962 bits per heavy atom. The molecule has 2 unspecified atom stereocenters. The van der Waals surface area contributed by atoms with Crippen molar-refractivity contribution in [3.8, 4) is 0 Å². The van der Waals surface area contributed by atoms with Crippen LogP contribution in [0.1, 0.15) is 64.0 Å². The van der Waals surface area contributed by atoms with Crippen LogP contribution in [0.25, 0.3) is 0 Å². The summed E-state index contributed by atoms with van der Waals surface area (Å²) < 4.78 is 10.8. The first-order valence-electron chi connectivity index (χ1n) is 8.88. The molecule has 0 saturated carbocycles. The maximum atomic E-state index is 13.1. The second-order valence-corrected chi connectivity index (χ2v) is 7.11. The predicted molar refractivity (Wildman–Crippen MR) is 99.6 cm³/mol. The highest BCUT2D eigenvalue weighted by atomic mass is 16.7. The van der Waals surface area contributed by atoms with Gasteiger partial charge in [0, 0.05) is 11.1 Å². The molecule has 0 aromatic heterocycles. The van der Waals surface area contributed by atoms with Gasteiger partial charge < -0.3 is 9.47 Å². The number of carbonyl (C=O) groups is 2. The average Bonchev–Trinajstić information content (AvgIpc) is 2.85. The molecule has 1 aliphatic rings. The summed E-state index contributed by atoms with van der Waals surface area (Å²) in [7, 11) is 0. The number of fused-ring (bicyclic) bond motifs is 1. The normalized spacial score (nSPS) is 18.8. The largest absolute Gasteiger partial charge is 0.509 e. The molecule has 136 valence electrons. The van der Waals surface area contributed by atoms with Gasteiger partial charge in [-0.15, -0.1) is 0 Å². The molecular weight excluding hydrogens is 328 g/mol. The summed E-state index contributed by atoms with van der Waals surface area (Å²) in [5, 5.41) is 0. The maximum absolute atomic E-state index is 13.1. The summed E-state index contributed by atoms with van der Waals surface area (Å²) >= 11 is 0. The van der Waals surface area contributed by atoms with Crippen LogP contribution < -0.4 is 0 Å². The number of hydrogen-bond donors (Lipinski definition) is 0. The van der Waals surface area contributed by atoms with Crippen molar-refractivity contribution in [2.75, 3.05) is 0 Å². The highest BCUT2D eigenvalue weighted by Crippen LogP contribution is 2.46. The predicted octanol–water partition coefficient (Wildman–Crippen LogP) is 5.19. The van der Waals surface area contributed by atoms with Crippen molar-refractivity contribution in [2.45, 2.75) is 52.7 Å². The Kier molecular flexibility index (Phi) is 4.86. The molecule has 0 spiro atoms. The van der Waals surface area contributed by atoms with Crippen LogP contribution in [0.2, 0.25) is 0 Å². The first-order chi connectivity index (χ1) is 12.3. The smallest absolute Gasteiger partial charge is 0.432 e. The molecule has 3 rings (SSSR count). The molecule has 0 N–H and O–H groups in total. The Balaban J connectivity index is 2.06. The second-order valence-electron chi connectivity index (χ2n) is 7.11. The zero-order chi connectivity index (χ0) is 19.0. The molecule has 4 heteroatoms. The van der Waals surface area contributed by atoms with Gasteiger partial charge in [-0.3, -0.25) is 4.79 Å². The standard InChI is InChI=1S/C22H24O4/c1-12(2)25-22(24)26-21-18-9-7-6-8-17(18)20(23)19(21)16-11-10-13(3)14(4)15(16)5/h6-12,19,21H,1-5H3. The van der Waals surface area contributed by atoms with Crippen molar-refractivity contribution in [1.29, 1.82) is 0 Å². The highest BCUT2D eigenvalue weighted by Gasteiger charge is 2.44. The van der Waals surface area contributed by atoms with Gasteiger partial charge in [-0.1, -0.05) is 36.4 Å². The Morgan fingerprint density at radius 3 is 2.35 bits per heavy atom. The lowest BCUT2D eigenvalue weighted by Gasteiger charge is -2.23. The average molecular weight is 352 g/mol. The van der Waals surface area contributed by atoms with Gasteiger partial charge in [0.25, 0.3) is 0 Å². The molecule has 4 nitrogen and oxygen atoms in total. The Bertz CT molecular complexity index is 866. The lowest BCUT2D eigenvalue weighted by Crippen LogP contribution is -2.21. The van der Waals surface area contributed by atoms with Gasteiger partial charge in [0.05, 0.1) is 12.0 Å². The van der Waals surface area contributed by atoms with Gasteiger partial charge in [0.1, 0.15) is 6.10 Å². The van der Waals surface area contributed by atoms with E-state index in [1.54, 1.807) is 19.9 Å². The lowest BCUT2D eigenvalue weighted by molar-refractivity contribution is 0.00262. The first-order valence-corrected chi connectivity index (χ1v) is 8.88. The molecule has 0 aliphatic heterocycles. The number of hydrogen-bond acceptors (Lipinski definition) is 4. The minimum atomic E-state index is -0.749. The van der Waals surface area contributed by atoms with E-state index in [4.69, 9.17) is 9.47 Å². The quantitative estimate of drug-likeness (QED) is 0.713. The summed E-state index contributed by atoms with van der Waals surface area (Å²) in [6.07, 6.45) is -1.71. The third kappa shape index (κ3) is 3.12. The molecule has 0 heterocycles. The molecule has 0 saturated heterocycles. The fourth-order valence-electron chi connectivity index (χ4n) is 3.53. The molecule has 0 bridgehead atoms. The van der Waals surface area contributed by atoms with Gasteiger partial charge in [0.15, 0.2) is 5.78 Å². The van der Waals surface area contributed by atoms with E-state index in [0.717, 1.165) is 22.3 Å². The summed E-state index contributed by atoms with van der Waals surface area (Å²) in [6, 6.07) is 11.3. The molecule has 26 heavy (non-hydrogen) atoms. The zero-order valence-corrected chi connectivity index (χ0v) is 15.8. The minimum Gasteiger partial charge on any atom is -0.432 e. The molecular formula is C22H24O4. The Morgan fingerprint density at radius 2 is 1.65 bits per heavy atom. The summed E-state index contributed by atoms with van der Waals surface area (Å²) in [5.74, 6) is -0.569. The summed E-state index contributed by atoms with van der Waals surface area (Å²) in [5.41, 5.74) is 5.62. The van der Waals surface area contributed by atoms with Crippen LogP contribution in [0.3, 0.4) is 0 Å². The van der Waals surface area contributed by atoms with E-state index in [9.17, 15) is 9.59 Å². The van der Waals surface area contributed by atoms with Crippen LogP contribution in [-0.4, -0.2) is 18.0 Å². The van der Waals surface area contributed by atoms with E-state index < -0.39 is 18.2 Å². The van der Waals surface area contributed by atoms with E-state index in [2.05, 4.69) is 0 Å². The molecule has 0 amide bonds. The first kappa shape index (κ1) is 18.2. The highest BCUT2D eigenvalue weighted by molar-refractivity contribution is 6.06. The molecule has 0 radical (unpaired) electrons. The summed E-state index contributed by atoms with van der Waals surface area (Å²) in [4.78, 5) is 25.3. The molecule has 1 aliphatic carbocycles. The van der Waals surface area contributed by atoms with Gasteiger partial charge in [-0.05, 0) is 56.9 Å². The number of ketones is 1. The Labute approximate surface area is 154 Å². The number of ether oxygens (including phenoxy) is 2. The van der Waals surface area contributed by atoms with Crippen molar-refractivity contribution < 1.29 is 19.1 Å². The van der Waals surface area contributed by atoms with E-state index >= 15 is 0 Å². The number of benzene rings is 2. The topological polar surface area (TPSA) is 52.6 Å². The Hall–Kier alpha value is -2.62. The zero-order valence-electron chi connectivity index (χ0n) is 15.8. The van der Waals surface area contributed by atoms with Crippen LogP contribution in [-0.2, 0) is 9.47 Å². The van der Waals surface area contributed by atoms with Crippen molar-refractivity contribution in [2.24, 2.45) is 0 Å². The monoisotopic (exact) mass is 352 g/mol. The van der Waals surface area contributed by atoms with Crippen LogP contribution in [0.5, 0.6) is 0 Å². The molecule has 2 aromatic carbocycles. The van der Waals surface area contributed by atoms with E-state index in [1.807, 2.05) is 51.1 Å². The van der Waals surface area contributed by atoms with Crippen molar-refractivity contribution in [3.63, 3.8) is 0 Å². The van der Waals surface area contributed by atoms with E-state index in [1.165, 1.54) is 5.56 Å². The maximum Gasteiger partial charge on any atom is 0.509 e. The van der Waals surface area contributed by atoms with Crippen molar-refractivity contribution in [1.82, 2.24) is 0 Å². The number of Topliss-reactive ketones (excluding diaryl/α,β-unsaturated/α-hetero) is 1. The molecule has 2 aromatic rings. The fourth-order valence-corrected chi connectivity index (χ4v) is 3.53. The van der Waals surface area contributed by atoms with E-state index in [0.29, 0.717) is 5.56 Å². The van der Waals surface area contributed by atoms with Gasteiger partial charge in [-0.25, -0.2) is 4.79 Å². The SMILES string of the molecule is Cc1ccc(C2C(=O)c3ccccc3C2OC(=O)OC(C)C)c(C)c1C. The van der Waals surface area contributed by atoms with Crippen LogP contribution in [0.15, 0.2) is 36.4 Å². The van der Waals surface area contributed by atoms with Crippen LogP contribution in [0.4, 0.5) is 4.79 Å². The molecule has 0 fully saturated rings. The summed E-state index contributed by atoms with van der Waals surface area (Å²) in [6.45, 7) is 9.63. The van der Waals surface area contributed by atoms with Crippen LogP contribution in [0, 0.1) is 20.8 Å². The van der Waals surface area contributed by atoms with E-state index in [-0.39, 0.29) is 11.9 Å². The molecule has 2 atom stereocenters. The number of carbonyl (C=O) groups excluding carboxylic acids is 2. The fraction of sp³-hybridized carbons (Fsp3) is 0.364. The number of aryl methyl sites for hydroxylation is 1. The van der Waals surface area contributed by atoms with Gasteiger partial charge in [0.2, 0.25) is 0 Å². The second kappa shape index (κ2) is 6.94. The third-order valence-electron chi connectivity index (χ3n) is 5.11. The van der Waals surface area contributed by atoms with Crippen molar-refractivity contribution >= 4 is 11.9 Å². The van der Waals surface area contributed by atoms with Crippen molar-refractivity contribution in [3.05, 3.63) is 69.8 Å². The van der Waals surface area contributed by atoms with Crippen LogP contribution >= 0.6 is 0 Å². The van der Waals surface area contributed by atoms with Gasteiger partial charge in [-0.2, -0.15) is 0 Å². The minimum absolute atomic E-state index is 0.0192.